The molecule has 2 aliphatic rings. The van der Waals surface area contributed by atoms with Crippen molar-refractivity contribution in [2.75, 3.05) is 65.4 Å². The summed E-state index contributed by atoms with van der Waals surface area (Å²) in [4.78, 5) is 23.4. The molecule has 2 saturated heterocycles. The summed E-state index contributed by atoms with van der Waals surface area (Å²) in [6.07, 6.45) is 3.44. The van der Waals surface area contributed by atoms with Gasteiger partial charge in [0.25, 0.3) is 0 Å². The molecule has 0 unspecified atom stereocenters. The number of nitrogens with zero attached hydrogens (tertiary/aromatic N) is 4. The first-order valence-corrected chi connectivity index (χ1v) is 12.7. The van der Waals surface area contributed by atoms with Crippen molar-refractivity contribution in [1.82, 2.24) is 19.6 Å². The van der Waals surface area contributed by atoms with Crippen molar-refractivity contribution in [2.24, 2.45) is 0 Å². The lowest BCUT2D eigenvalue weighted by Gasteiger charge is -2.36. The first kappa shape index (κ1) is 22.5. The van der Waals surface area contributed by atoms with Gasteiger partial charge < -0.3 is 4.90 Å². The molecule has 168 valence electrons. The Hall–Kier alpha value is -1.73. The van der Waals surface area contributed by atoms with E-state index in [1.807, 2.05) is 16.2 Å². The number of likely N-dealkylation sites (tertiary alicyclic amines) is 1. The van der Waals surface area contributed by atoms with Crippen LogP contribution < -0.4 is 0 Å². The summed E-state index contributed by atoms with van der Waals surface area (Å²) in [7, 11) is 0. The van der Waals surface area contributed by atoms with Gasteiger partial charge in [-0.05, 0) is 36.3 Å². The Morgan fingerprint density at radius 2 is 1.61 bits per heavy atom. The number of piperazine rings is 1. The molecule has 1 amide bonds. The predicted molar refractivity (Wildman–Crippen MR) is 128 cm³/mol. The molecule has 6 heteroatoms. The number of benzene rings is 1. The van der Waals surface area contributed by atoms with Crippen LogP contribution in [0.2, 0.25) is 0 Å². The molecule has 5 nitrogen and oxygen atoms in total. The second kappa shape index (κ2) is 11.8. The summed E-state index contributed by atoms with van der Waals surface area (Å²) in [6, 6.07) is 15.2. The fraction of sp³-hybridized carbons (Fsp3) is 0.560. The molecule has 0 aliphatic carbocycles. The Kier molecular flexibility index (Phi) is 8.53. The highest BCUT2D eigenvalue weighted by Gasteiger charge is 2.23. The van der Waals surface area contributed by atoms with Gasteiger partial charge in [0.05, 0.1) is 6.54 Å². The van der Waals surface area contributed by atoms with Gasteiger partial charge >= 0.3 is 0 Å². The molecule has 2 aromatic rings. The molecule has 0 N–H and O–H groups in total. The average molecular weight is 441 g/mol. The predicted octanol–water partition coefficient (Wildman–Crippen LogP) is 3.03. The third-order valence-electron chi connectivity index (χ3n) is 6.53. The first-order chi connectivity index (χ1) is 15.3. The average Bonchev–Trinajstić information content (AvgIpc) is 3.52. The fourth-order valence-electron chi connectivity index (χ4n) is 4.54. The summed E-state index contributed by atoms with van der Waals surface area (Å²) >= 11 is 1.85. The Morgan fingerprint density at radius 1 is 0.871 bits per heavy atom. The van der Waals surface area contributed by atoms with Gasteiger partial charge in [-0.1, -0.05) is 36.4 Å². The van der Waals surface area contributed by atoms with Crippen LogP contribution in [0.5, 0.6) is 0 Å². The maximum absolute atomic E-state index is 12.4. The highest BCUT2D eigenvalue weighted by Crippen LogP contribution is 2.14. The van der Waals surface area contributed by atoms with Crippen molar-refractivity contribution >= 4 is 17.2 Å². The van der Waals surface area contributed by atoms with E-state index >= 15 is 0 Å². The summed E-state index contributed by atoms with van der Waals surface area (Å²) in [6.45, 7) is 11.0. The van der Waals surface area contributed by atoms with E-state index in [9.17, 15) is 4.79 Å². The zero-order valence-corrected chi connectivity index (χ0v) is 19.4. The maximum atomic E-state index is 12.4. The lowest BCUT2D eigenvalue weighted by Crippen LogP contribution is -2.51. The maximum Gasteiger partial charge on any atom is 0.236 e. The second-order valence-electron chi connectivity index (χ2n) is 8.80. The number of thiophene rings is 1. The van der Waals surface area contributed by atoms with Crippen LogP contribution >= 0.6 is 11.3 Å². The van der Waals surface area contributed by atoms with Crippen LogP contribution in [0.15, 0.2) is 47.8 Å². The Morgan fingerprint density at radius 3 is 2.32 bits per heavy atom. The molecule has 0 saturated carbocycles. The number of carbonyl (C=O) groups excluding carboxylic acids is 1. The Balaban J connectivity index is 1.21. The normalized spacial score (nSPS) is 18.2. The van der Waals surface area contributed by atoms with Crippen LogP contribution in [-0.2, 0) is 17.8 Å². The molecule has 2 fully saturated rings. The third-order valence-corrected chi connectivity index (χ3v) is 7.40. The molecule has 0 bridgehead atoms. The van der Waals surface area contributed by atoms with E-state index in [0.29, 0.717) is 12.5 Å². The van der Waals surface area contributed by atoms with E-state index in [-0.39, 0.29) is 0 Å². The lowest BCUT2D eigenvalue weighted by molar-refractivity contribution is -0.131. The molecule has 0 radical (unpaired) electrons. The number of carbonyl (C=O) groups is 1. The standard InChI is InChI=1S/C25H36N4OS/c30-25(29-11-4-5-12-29)22-28-18-15-26(16-19-28)14-17-27(21-24-9-6-20-31-24)13-10-23-7-2-1-3-8-23/h1-3,6-9,20H,4-5,10-19,21-22H2. The molecule has 1 aromatic heterocycles. The van der Waals surface area contributed by atoms with Gasteiger partial charge in [0, 0.05) is 70.3 Å². The minimum absolute atomic E-state index is 0.328. The van der Waals surface area contributed by atoms with E-state index < -0.39 is 0 Å². The Bertz CT molecular complexity index is 768. The van der Waals surface area contributed by atoms with Crippen molar-refractivity contribution < 1.29 is 4.79 Å². The highest BCUT2D eigenvalue weighted by atomic mass is 32.1. The van der Waals surface area contributed by atoms with Crippen molar-refractivity contribution in [3.05, 3.63) is 58.3 Å². The van der Waals surface area contributed by atoms with Crippen LogP contribution in [0, 0.1) is 0 Å². The number of hydrogen-bond donors (Lipinski definition) is 0. The summed E-state index contributed by atoms with van der Waals surface area (Å²) in [5, 5.41) is 2.17. The molecule has 0 spiro atoms. The van der Waals surface area contributed by atoms with Gasteiger partial charge in [-0.3, -0.25) is 19.5 Å². The molecular formula is C25H36N4OS. The van der Waals surface area contributed by atoms with Crippen molar-refractivity contribution in [3.8, 4) is 0 Å². The van der Waals surface area contributed by atoms with Crippen LogP contribution in [0.4, 0.5) is 0 Å². The highest BCUT2D eigenvalue weighted by molar-refractivity contribution is 7.09. The first-order valence-electron chi connectivity index (χ1n) is 11.8. The summed E-state index contributed by atoms with van der Waals surface area (Å²) in [5.41, 5.74) is 1.41. The zero-order chi connectivity index (χ0) is 21.3. The fourth-order valence-corrected chi connectivity index (χ4v) is 5.28. The van der Waals surface area contributed by atoms with Gasteiger partial charge in [-0.25, -0.2) is 0 Å². The van der Waals surface area contributed by atoms with Gasteiger partial charge in [0.15, 0.2) is 0 Å². The largest absolute Gasteiger partial charge is 0.342 e. The lowest BCUT2D eigenvalue weighted by atomic mass is 10.1. The third kappa shape index (κ3) is 7.14. The number of hydrogen-bond acceptors (Lipinski definition) is 5. The zero-order valence-electron chi connectivity index (χ0n) is 18.6. The molecule has 0 atom stereocenters. The van der Waals surface area contributed by atoms with Crippen LogP contribution in [0.25, 0.3) is 0 Å². The van der Waals surface area contributed by atoms with E-state index in [4.69, 9.17) is 0 Å². The van der Waals surface area contributed by atoms with Gasteiger partial charge in [0.1, 0.15) is 0 Å². The number of rotatable bonds is 10. The minimum Gasteiger partial charge on any atom is -0.342 e. The van der Waals surface area contributed by atoms with Crippen molar-refractivity contribution in [2.45, 2.75) is 25.8 Å². The van der Waals surface area contributed by atoms with E-state index in [1.54, 1.807) is 0 Å². The van der Waals surface area contributed by atoms with E-state index in [1.165, 1.54) is 23.3 Å². The van der Waals surface area contributed by atoms with Crippen LogP contribution in [0.3, 0.4) is 0 Å². The minimum atomic E-state index is 0.328. The van der Waals surface area contributed by atoms with Gasteiger partial charge in [-0.15, -0.1) is 11.3 Å². The van der Waals surface area contributed by atoms with Crippen molar-refractivity contribution in [1.29, 1.82) is 0 Å². The van der Waals surface area contributed by atoms with Crippen LogP contribution in [0.1, 0.15) is 23.3 Å². The topological polar surface area (TPSA) is 30.0 Å². The monoisotopic (exact) mass is 440 g/mol. The van der Waals surface area contributed by atoms with Crippen LogP contribution in [-0.4, -0.2) is 91.0 Å². The summed E-state index contributed by atoms with van der Waals surface area (Å²) in [5.74, 6) is 0.328. The molecule has 1 aromatic carbocycles. The smallest absolute Gasteiger partial charge is 0.236 e. The van der Waals surface area contributed by atoms with E-state index in [0.717, 1.165) is 71.9 Å². The molecule has 4 rings (SSSR count). The molecule has 3 heterocycles. The quantitative estimate of drug-likeness (QED) is 0.568. The van der Waals surface area contributed by atoms with Gasteiger partial charge in [0.2, 0.25) is 5.91 Å². The summed E-state index contributed by atoms with van der Waals surface area (Å²) < 4.78 is 0. The number of amides is 1. The Labute approximate surface area is 191 Å². The SMILES string of the molecule is O=C(CN1CCN(CCN(CCc2ccccc2)Cc2cccs2)CC1)N1CCCC1. The molecule has 2 aliphatic heterocycles. The molecule has 31 heavy (non-hydrogen) atoms. The van der Waals surface area contributed by atoms with E-state index in [2.05, 4.69) is 62.5 Å². The van der Waals surface area contributed by atoms with Crippen molar-refractivity contribution in [3.63, 3.8) is 0 Å². The second-order valence-corrected chi connectivity index (χ2v) is 9.83. The molecular weight excluding hydrogens is 404 g/mol. The van der Waals surface area contributed by atoms with Gasteiger partial charge in [-0.2, -0.15) is 0 Å².